The number of aromatic nitrogens is 5. The Bertz CT molecular complexity index is 1230. The molecule has 126 valence electrons. The van der Waals surface area contributed by atoms with Gasteiger partial charge in [0.25, 0.3) is 0 Å². The standard InChI is InChI=1S/C19H13N5OS/c1-24-17(12-7-3-2-4-8-12)22-23-19(24)26-18-16-15(20-11-21-18)13-9-5-6-10-14(13)25-16/h2-11H,1H3. The maximum absolute atomic E-state index is 5.98. The summed E-state index contributed by atoms with van der Waals surface area (Å²) in [5.74, 6) is 0.808. The first-order valence-corrected chi connectivity index (χ1v) is 8.88. The molecule has 0 aliphatic carbocycles. The molecule has 0 aliphatic heterocycles. The molecule has 26 heavy (non-hydrogen) atoms. The molecule has 2 aromatic carbocycles. The van der Waals surface area contributed by atoms with E-state index < -0.39 is 0 Å². The number of hydrogen-bond acceptors (Lipinski definition) is 6. The van der Waals surface area contributed by atoms with E-state index in [0.29, 0.717) is 5.58 Å². The molecule has 0 unspecified atom stereocenters. The fourth-order valence-corrected chi connectivity index (χ4v) is 3.71. The summed E-state index contributed by atoms with van der Waals surface area (Å²) in [5, 5.41) is 11.1. The number of benzene rings is 2. The average Bonchev–Trinajstić information content (AvgIpc) is 3.24. The van der Waals surface area contributed by atoms with Crippen molar-refractivity contribution < 1.29 is 4.42 Å². The van der Waals surface area contributed by atoms with Gasteiger partial charge in [-0.1, -0.05) is 42.5 Å². The van der Waals surface area contributed by atoms with Gasteiger partial charge in [-0.25, -0.2) is 9.97 Å². The zero-order chi connectivity index (χ0) is 17.5. The largest absolute Gasteiger partial charge is 0.451 e. The lowest BCUT2D eigenvalue weighted by atomic mass is 10.2. The van der Waals surface area contributed by atoms with Crippen LogP contribution < -0.4 is 0 Å². The van der Waals surface area contributed by atoms with Gasteiger partial charge in [-0.3, -0.25) is 0 Å². The van der Waals surface area contributed by atoms with Gasteiger partial charge in [0.15, 0.2) is 21.6 Å². The molecule has 0 aliphatic rings. The van der Waals surface area contributed by atoms with Crippen LogP contribution in [0.15, 0.2) is 75.5 Å². The zero-order valence-corrected chi connectivity index (χ0v) is 14.6. The molecular formula is C19H13N5OS. The van der Waals surface area contributed by atoms with Crippen molar-refractivity contribution in [2.24, 2.45) is 7.05 Å². The van der Waals surface area contributed by atoms with Crippen molar-refractivity contribution in [3.8, 4) is 11.4 Å². The van der Waals surface area contributed by atoms with E-state index in [1.807, 2.05) is 66.2 Å². The molecule has 0 saturated heterocycles. The number of furan rings is 1. The van der Waals surface area contributed by atoms with Crippen LogP contribution in [0.5, 0.6) is 0 Å². The van der Waals surface area contributed by atoms with Crippen LogP contribution in [0.2, 0.25) is 0 Å². The molecule has 0 saturated carbocycles. The van der Waals surface area contributed by atoms with Crippen LogP contribution in [0.3, 0.4) is 0 Å². The van der Waals surface area contributed by atoms with Gasteiger partial charge in [0, 0.05) is 18.0 Å². The molecule has 0 atom stereocenters. The Labute approximate surface area is 152 Å². The molecule has 0 amide bonds. The summed E-state index contributed by atoms with van der Waals surface area (Å²) >= 11 is 1.42. The fourth-order valence-electron chi connectivity index (χ4n) is 2.90. The molecule has 5 aromatic rings. The highest BCUT2D eigenvalue weighted by atomic mass is 32.2. The van der Waals surface area contributed by atoms with Crippen LogP contribution in [0.1, 0.15) is 0 Å². The van der Waals surface area contributed by atoms with Gasteiger partial charge in [-0.2, -0.15) is 0 Å². The third-order valence-corrected chi connectivity index (χ3v) is 5.20. The third kappa shape index (κ3) is 2.36. The second kappa shape index (κ2) is 5.96. The Hall–Kier alpha value is -3.19. The average molecular weight is 359 g/mol. The second-order valence-electron chi connectivity index (χ2n) is 5.79. The first-order valence-electron chi connectivity index (χ1n) is 8.06. The van der Waals surface area contributed by atoms with E-state index in [9.17, 15) is 0 Å². The lowest BCUT2D eigenvalue weighted by Crippen LogP contribution is -1.95. The van der Waals surface area contributed by atoms with Crippen LogP contribution in [-0.4, -0.2) is 24.7 Å². The number of fused-ring (bicyclic) bond motifs is 3. The van der Waals surface area contributed by atoms with Gasteiger partial charge in [-0.15, -0.1) is 10.2 Å². The highest BCUT2D eigenvalue weighted by Gasteiger charge is 2.17. The van der Waals surface area contributed by atoms with E-state index >= 15 is 0 Å². The van der Waals surface area contributed by atoms with Gasteiger partial charge in [0.05, 0.1) is 0 Å². The Balaban J connectivity index is 1.59. The first-order chi connectivity index (χ1) is 12.8. The lowest BCUT2D eigenvalue weighted by molar-refractivity contribution is 0.653. The van der Waals surface area contributed by atoms with E-state index in [1.54, 1.807) is 6.33 Å². The van der Waals surface area contributed by atoms with Gasteiger partial charge >= 0.3 is 0 Å². The molecule has 7 heteroatoms. The topological polar surface area (TPSA) is 69.6 Å². The van der Waals surface area contributed by atoms with E-state index in [-0.39, 0.29) is 0 Å². The number of para-hydroxylation sites is 1. The highest BCUT2D eigenvalue weighted by Crippen LogP contribution is 2.35. The Kier molecular flexibility index (Phi) is 3.46. The zero-order valence-electron chi connectivity index (χ0n) is 13.8. The maximum Gasteiger partial charge on any atom is 0.197 e. The summed E-state index contributed by atoms with van der Waals surface area (Å²) in [6.45, 7) is 0. The Morgan fingerprint density at radius 2 is 1.73 bits per heavy atom. The molecule has 6 nitrogen and oxygen atoms in total. The molecule has 3 heterocycles. The Morgan fingerprint density at radius 3 is 2.62 bits per heavy atom. The minimum atomic E-state index is 0.669. The van der Waals surface area contributed by atoms with Crippen LogP contribution in [0.25, 0.3) is 33.5 Å². The van der Waals surface area contributed by atoms with Crippen molar-refractivity contribution >= 4 is 33.8 Å². The van der Waals surface area contributed by atoms with Gasteiger partial charge < -0.3 is 8.98 Å². The predicted octanol–water partition coefficient (Wildman–Crippen LogP) is 4.32. The molecule has 0 spiro atoms. The summed E-state index contributed by atoms with van der Waals surface area (Å²) in [6, 6.07) is 17.8. The molecule has 0 bridgehead atoms. The normalized spacial score (nSPS) is 11.4. The predicted molar refractivity (Wildman–Crippen MR) is 99.9 cm³/mol. The smallest absolute Gasteiger partial charge is 0.197 e. The summed E-state index contributed by atoms with van der Waals surface area (Å²) in [5.41, 5.74) is 3.30. The molecule has 0 radical (unpaired) electrons. The van der Waals surface area contributed by atoms with Crippen LogP contribution in [0.4, 0.5) is 0 Å². The monoisotopic (exact) mass is 359 g/mol. The van der Waals surface area contributed by atoms with Gasteiger partial charge in [0.2, 0.25) is 0 Å². The van der Waals surface area contributed by atoms with E-state index in [2.05, 4.69) is 20.2 Å². The molecule has 5 rings (SSSR count). The maximum atomic E-state index is 5.98. The van der Waals surface area contributed by atoms with Crippen molar-refractivity contribution in [2.45, 2.75) is 10.2 Å². The highest BCUT2D eigenvalue weighted by molar-refractivity contribution is 7.99. The van der Waals surface area contributed by atoms with E-state index in [0.717, 1.165) is 38.1 Å². The molecule has 3 aromatic heterocycles. The van der Waals surface area contributed by atoms with E-state index in [4.69, 9.17) is 4.42 Å². The summed E-state index contributed by atoms with van der Waals surface area (Å²) < 4.78 is 7.94. The molecular weight excluding hydrogens is 346 g/mol. The molecule has 0 fully saturated rings. The molecule has 0 N–H and O–H groups in total. The number of nitrogens with zero attached hydrogens (tertiary/aromatic N) is 5. The van der Waals surface area contributed by atoms with Gasteiger partial charge in [0.1, 0.15) is 17.4 Å². The summed E-state index contributed by atoms with van der Waals surface area (Å²) in [7, 11) is 1.95. The van der Waals surface area contributed by atoms with Crippen LogP contribution >= 0.6 is 11.8 Å². The van der Waals surface area contributed by atoms with Gasteiger partial charge in [-0.05, 0) is 23.9 Å². The van der Waals surface area contributed by atoms with Crippen molar-refractivity contribution in [1.29, 1.82) is 0 Å². The number of rotatable bonds is 3. The lowest BCUT2D eigenvalue weighted by Gasteiger charge is -2.03. The minimum absolute atomic E-state index is 0.669. The minimum Gasteiger partial charge on any atom is -0.451 e. The van der Waals surface area contributed by atoms with Crippen molar-refractivity contribution in [3.63, 3.8) is 0 Å². The summed E-state index contributed by atoms with van der Waals surface area (Å²) in [6.07, 6.45) is 1.56. The van der Waals surface area contributed by atoms with Crippen molar-refractivity contribution in [3.05, 3.63) is 60.9 Å². The quantitative estimate of drug-likeness (QED) is 0.447. The van der Waals surface area contributed by atoms with Crippen LogP contribution in [0, 0.1) is 0 Å². The number of hydrogen-bond donors (Lipinski definition) is 0. The third-order valence-electron chi connectivity index (χ3n) is 4.18. The SMILES string of the molecule is Cn1c(Sc2ncnc3c2oc2ccccc23)nnc1-c1ccccc1. The second-order valence-corrected chi connectivity index (χ2v) is 6.74. The Morgan fingerprint density at radius 1 is 0.923 bits per heavy atom. The van der Waals surface area contributed by atoms with Crippen molar-refractivity contribution in [1.82, 2.24) is 24.7 Å². The van der Waals surface area contributed by atoms with Crippen molar-refractivity contribution in [2.75, 3.05) is 0 Å². The van der Waals surface area contributed by atoms with Crippen LogP contribution in [-0.2, 0) is 7.05 Å². The summed E-state index contributed by atoms with van der Waals surface area (Å²) in [4.78, 5) is 8.78. The van der Waals surface area contributed by atoms with E-state index in [1.165, 1.54) is 11.8 Å². The fraction of sp³-hybridized carbons (Fsp3) is 0.0526. The first kappa shape index (κ1) is 15.1.